The van der Waals surface area contributed by atoms with Crippen molar-refractivity contribution in [3.63, 3.8) is 0 Å². The maximum atomic E-state index is 12.4. The van der Waals surface area contributed by atoms with Crippen LogP contribution in [0.4, 0.5) is 0 Å². The molecule has 2 fully saturated rings. The molecule has 3 heteroatoms. The molecule has 1 aliphatic heterocycles. The molecule has 1 unspecified atom stereocenters. The Balaban J connectivity index is 1.92. The Labute approximate surface area is 98.6 Å². The summed E-state index contributed by atoms with van der Waals surface area (Å²) in [5.41, 5.74) is 0. The van der Waals surface area contributed by atoms with E-state index in [4.69, 9.17) is 0 Å². The fourth-order valence-corrected chi connectivity index (χ4v) is 2.33. The molecule has 1 N–H and O–H groups in total. The van der Waals surface area contributed by atoms with Crippen molar-refractivity contribution < 1.29 is 4.79 Å². The summed E-state index contributed by atoms with van der Waals surface area (Å²) in [7, 11) is 0. The molecule has 0 aromatic heterocycles. The molecule has 16 heavy (non-hydrogen) atoms. The van der Waals surface area contributed by atoms with E-state index in [-0.39, 0.29) is 5.92 Å². The second kappa shape index (κ2) is 4.74. The summed E-state index contributed by atoms with van der Waals surface area (Å²) in [6, 6.07) is 0.561. The summed E-state index contributed by atoms with van der Waals surface area (Å²) in [5, 5.41) is 3.25. The van der Waals surface area contributed by atoms with Crippen LogP contribution in [0.15, 0.2) is 0 Å². The number of carbonyl (C=O) groups excluding carboxylic acids is 1. The van der Waals surface area contributed by atoms with Gasteiger partial charge in [-0.25, -0.2) is 0 Å². The summed E-state index contributed by atoms with van der Waals surface area (Å²) >= 11 is 0. The quantitative estimate of drug-likeness (QED) is 0.767. The van der Waals surface area contributed by atoms with E-state index in [1.165, 1.54) is 12.8 Å². The lowest BCUT2D eigenvalue weighted by Crippen LogP contribution is -2.51. The number of carbonyl (C=O) groups is 1. The van der Waals surface area contributed by atoms with Crippen LogP contribution in [0.1, 0.15) is 33.6 Å². The van der Waals surface area contributed by atoms with Gasteiger partial charge in [0.2, 0.25) is 5.91 Å². The van der Waals surface area contributed by atoms with Crippen LogP contribution in [0.5, 0.6) is 0 Å². The van der Waals surface area contributed by atoms with Crippen molar-refractivity contribution in [1.82, 2.24) is 10.2 Å². The Morgan fingerprint density at radius 1 is 1.31 bits per heavy atom. The molecule has 0 spiro atoms. The molecule has 0 bridgehead atoms. The molecule has 92 valence electrons. The minimum absolute atomic E-state index is 0.209. The molecule has 1 heterocycles. The van der Waals surface area contributed by atoms with E-state index in [0.717, 1.165) is 19.6 Å². The molecule has 0 radical (unpaired) electrons. The van der Waals surface area contributed by atoms with Gasteiger partial charge in [0, 0.05) is 18.5 Å². The van der Waals surface area contributed by atoms with Gasteiger partial charge in [0.25, 0.3) is 0 Å². The van der Waals surface area contributed by atoms with Gasteiger partial charge in [0.05, 0.1) is 0 Å². The zero-order valence-corrected chi connectivity index (χ0v) is 10.7. The third kappa shape index (κ3) is 2.57. The first kappa shape index (κ1) is 11.9. The summed E-state index contributed by atoms with van der Waals surface area (Å²) in [5.74, 6) is 1.75. The van der Waals surface area contributed by atoms with Gasteiger partial charge in [0.1, 0.15) is 0 Å². The number of amides is 1. The number of nitrogens with one attached hydrogen (secondary N) is 1. The predicted molar refractivity (Wildman–Crippen MR) is 65.1 cm³/mol. The van der Waals surface area contributed by atoms with Gasteiger partial charge in [-0.2, -0.15) is 0 Å². The van der Waals surface area contributed by atoms with Crippen LogP contribution in [0, 0.1) is 17.8 Å². The number of rotatable bonds is 5. The highest BCUT2D eigenvalue weighted by Gasteiger charge is 2.38. The zero-order chi connectivity index (χ0) is 11.7. The van der Waals surface area contributed by atoms with Crippen LogP contribution >= 0.6 is 0 Å². The van der Waals surface area contributed by atoms with Crippen LogP contribution in [0.25, 0.3) is 0 Å². The third-order valence-electron chi connectivity index (χ3n) is 3.74. The number of nitrogens with zero attached hydrogens (tertiary/aromatic N) is 1. The maximum Gasteiger partial charge on any atom is 0.226 e. The highest BCUT2D eigenvalue weighted by atomic mass is 16.2. The average Bonchev–Trinajstić information content (AvgIpc) is 2.93. The van der Waals surface area contributed by atoms with E-state index >= 15 is 0 Å². The maximum absolute atomic E-state index is 12.4. The average molecular weight is 224 g/mol. The Morgan fingerprint density at radius 3 is 2.31 bits per heavy atom. The third-order valence-corrected chi connectivity index (χ3v) is 3.74. The Kier molecular flexibility index (Phi) is 3.53. The lowest BCUT2D eigenvalue weighted by molar-refractivity contribution is -0.138. The molecule has 1 amide bonds. The molecule has 1 aliphatic carbocycles. The molecule has 0 aromatic carbocycles. The van der Waals surface area contributed by atoms with Gasteiger partial charge in [-0.1, -0.05) is 20.8 Å². The first-order chi connectivity index (χ1) is 7.59. The molecule has 1 atom stereocenters. The normalized spacial score (nSPS) is 23.0. The van der Waals surface area contributed by atoms with Gasteiger partial charge in [-0.3, -0.25) is 4.79 Å². The van der Waals surface area contributed by atoms with Crippen molar-refractivity contribution >= 4 is 5.91 Å². The standard InChI is InChI=1S/C13H24N2O/c1-9(2)8-15(12-4-5-12)13(16)10(3)11-6-14-7-11/h9-12,14H,4-8H2,1-3H3. The van der Waals surface area contributed by atoms with Crippen molar-refractivity contribution in [2.75, 3.05) is 19.6 Å². The summed E-state index contributed by atoms with van der Waals surface area (Å²) < 4.78 is 0. The van der Waals surface area contributed by atoms with E-state index in [9.17, 15) is 4.79 Å². The van der Waals surface area contributed by atoms with E-state index in [2.05, 4.69) is 31.0 Å². The van der Waals surface area contributed by atoms with Gasteiger partial charge in [-0.05, 0) is 37.8 Å². The van der Waals surface area contributed by atoms with Gasteiger partial charge < -0.3 is 10.2 Å². The molecule has 0 aromatic rings. The summed E-state index contributed by atoms with van der Waals surface area (Å²) in [4.78, 5) is 14.5. The van der Waals surface area contributed by atoms with Gasteiger partial charge >= 0.3 is 0 Å². The molecule has 1 saturated heterocycles. The first-order valence-corrected chi connectivity index (χ1v) is 6.60. The number of hydrogen-bond acceptors (Lipinski definition) is 2. The molecule has 2 aliphatic rings. The first-order valence-electron chi connectivity index (χ1n) is 6.60. The van der Waals surface area contributed by atoms with Gasteiger partial charge in [-0.15, -0.1) is 0 Å². The molecular weight excluding hydrogens is 200 g/mol. The largest absolute Gasteiger partial charge is 0.339 e. The lowest BCUT2D eigenvalue weighted by Gasteiger charge is -2.35. The van der Waals surface area contributed by atoms with E-state index in [1.54, 1.807) is 0 Å². The Morgan fingerprint density at radius 2 is 1.94 bits per heavy atom. The Bertz CT molecular complexity index is 257. The Hall–Kier alpha value is -0.570. The minimum Gasteiger partial charge on any atom is -0.339 e. The SMILES string of the molecule is CC(C)CN(C(=O)C(C)C1CNC1)C1CC1. The predicted octanol–water partition coefficient (Wildman–Crippen LogP) is 1.49. The lowest BCUT2D eigenvalue weighted by atomic mass is 9.87. The second-order valence-electron chi connectivity index (χ2n) is 5.82. The van der Waals surface area contributed by atoms with E-state index < -0.39 is 0 Å². The van der Waals surface area contributed by atoms with Gasteiger partial charge in [0.15, 0.2) is 0 Å². The smallest absolute Gasteiger partial charge is 0.226 e. The van der Waals surface area contributed by atoms with Crippen molar-refractivity contribution in [2.45, 2.75) is 39.7 Å². The summed E-state index contributed by atoms with van der Waals surface area (Å²) in [6.07, 6.45) is 2.43. The minimum atomic E-state index is 0.209. The molecule has 2 rings (SSSR count). The number of hydrogen-bond donors (Lipinski definition) is 1. The highest BCUT2D eigenvalue weighted by molar-refractivity contribution is 5.79. The summed E-state index contributed by atoms with van der Waals surface area (Å²) in [6.45, 7) is 9.47. The van der Waals surface area contributed by atoms with Crippen molar-refractivity contribution in [1.29, 1.82) is 0 Å². The van der Waals surface area contributed by atoms with Crippen molar-refractivity contribution in [3.8, 4) is 0 Å². The van der Waals surface area contributed by atoms with Crippen LogP contribution in [-0.4, -0.2) is 36.5 Å². The van der Waals surface area contributed by atoms with Crippen LogP contribution in [0.2, 0.25) is 0 Å². The topological polar surface area (TPSA) is 32.3 Å². The van der Waals surface area contributed by atoms with Crippen molar-refractivity contribution in [2.24, 2.45) is 17.8 Å². The fourth-order valence-electron chi connectivity index (χ4n) is 2.33. The molecule has 3 nitrogen and oxygen atoms in total. The monoisotopic (exact) mass is 224 g/mol. The zero-order valence-electron chi connectivity index (χ0n) is 10.7. The van der Waals surface area contributed by atoms with Crippen molar-refractivity contribution in [3.05, 3.63) is 0 Å². The van der Waals surface area contributed by atoms with Crippen LogP contribution < -0.4 is 5.32 Å². The second-order valence-corrected chi connectivity index (χ2v) is 5.82. The van der Waals surface area contributed by atoms with E-state index in [0.29, 0.717) is 23.8 Å². The molecular formula is C13H24N2O. The molecule has 1 saturated carbocycles. The van der Waals surface area contributed by atoms with E-state index in [1.807, 2.05) is 0 Å². The van der Waals surface area contributed by atoms with Crippen LogP contribution in [0.3, 0.4) is 0 Å². The van der Waals surface area contributed by atoms with Crippen LogP contribution in [-0.2, 0) is 4.79 Å². The fraction of sp³-hybridized carbons (Fsp3) is 0.923. The highest BCUT2D eigenvalue weighted by Crippen LogP contribution is 2.30.